The van der Waals surface area contributed by atoms with Gasteiger partial charge < -0.3 is 9.64 Å². The molecular weight excluding hydrogens is 521 g/mol. The van der Waals surface area contributed by atoms with Crippen molar-refractivity contribution in [2.45, 2.75) is 25.9 Å². The highest BCUT2D eigenvalue weighted by atomic mass is 35.5. The Morgan fingerprint density at radius 1 is 1.13 bits per heavy atom. The van der Waals surface area contributed by atoms with E-state index in [1.807, 2.05) is 11.8 Å². The molecule has 2 aromatic carbocycles. The summed E-state index contributed by atoms with van der Waals surface area (Å²) in [7, 11) is 0. The van der Waals surface area contributed by atoms with Gasteiger partial charge in [0, 0.05) is 30.3 Å². The highest BCUT2D eigenvalue weighted by Gasteiger charge is 2.30. The van der Waals surface area contributed by atoms with Crippen molar-refractivity contribution in [1.29, 1.82) is 5.26 Å². The fourth-order valence-corrected chi connectivity index (χ4v) is 4.53. The van der Waals surface area contributed by atoms with Crippen molar-refractivity contribution in [3.63, 3.8) is 0 Å². The molecule has 0 unspecified atom stereocenters. The molecule has 1 aliphatic rings. The van der Waals surface area contributed by atoms with Crippen molar-refractivity contribution in [3.05, 3.63) is 93.5 Å². The molecule has 1 aliphatic heterocycles. The molecule has 8 nitrogen and oxygen atoms in total. The molecule has 1 saturated heterocycles. The minimum absolute atomic E-state index is 0.0857. The van der Waals surface area contributed by atoms with E-state index in [9.17, 15) is 18.8 Å². The van der Waals surface area contributed by atoms with Gasteiger partial charge in [0.2, 0.25) is 0 Å². The first-order chi connectivity index (χ1) is 18.2. The molecule has 0 N–H and O–H groups in total. The van der Waals surface area contributed by atoms with Crippen LogP contribution in [0, 0.1) is 34.7 Å². The van der Waals surface area contributed by atoms with Crippen molar-refractivity contribution in [2.75, 3.05) is 11.4 Å². The van der Waals surface area contributed by atoms with Crippen LogP contribution in [0.15, 0.2) is 59.8 Å². The minimum atomic E-state index is -0.794. The number of aromatic nitrogens is 4. The summed E-state index contributed by atoms with van der Waals surface area (Å²) in [4.78, 5) is 19.1. The smallest absolute Gasteiger partial charge is 0.350 e. The van der Waals surface area contributed by atoms with E-state index in [0.717, 1.165) is 33.8 Å². The van der Waals surface area contributed by atoms with E-state index < -0.39 is 23.1 Å². The SMILES string of the molecule is C[C@H]1C[C@@H](C#N)CN1c1cc(Oc2ccc(-n3ncn(Cc4c(F)cccc4F)c3=O)cc2F)c(Cl)cn1. The Labute approximate surface area is 220 Å². The lowest BCUT2D eigenvalue weighted by molar-refractivity contribution is 0.441. The molecule has 0 bridgehead atoms. The molecular formula is C26H20ClF3N6O2. The monoisotopic (exact) mass is 540 g/mol. The number of halogens is 4. The van der Waals surface area contributed by atoms with Crippen molar-refractivity contribution < 1.29 is 17.9 Å². The second-order valence-corrected chi connectivity index (χ2v) is 9.31. The topological polar surface area (TPSA) is 89.0 Å². The Hall–Kier alpha value is -4.30. The second kappa shape index (κ2) is 10.2. The number of pyridine rings is 1. The predicted molar refractivity (Wildman–Crippen MR) is 133 cm³/mol. The predicted octanol–water partition coefficient (Wildman–Crippen LogP) is 5.08. The van der Waals surface area contributed by atoms with Crippen LogP contribution in [-0.4, -0.2) is 31.9 Å². The molecule has 5 rings (SSSR count). The third kappa shape index (κ3) is 4.82. The zero-order chi connectivity index (χ0) is 27.0. The van der Waals surface area contributed by atoms with Crippen LogP contribution >= 0.6 is 11.6 Å². The van der Waals surface area contributed by atoms with Gasteiger partial charge in [-0.15, -0.1) is 0 Å². The van der Waals surface area contributed by atoms with Gasteiger partial charge in [-0.1, -0.05) is 17.7 Å². The standard InChI is InChI=1S/C26H20ClF3N6O2/c1-15-7-16(10-31)12-35(15)25-9-24(19(27)11-32-25)38-23-6-5-17(8-22(23)30)36-26(37)34(14-33-36)13-18-20(28)3-2-4-21(18)29/h2-6,8-9,11,14-16H,7,12-13H2,1H3/t15-,16-/m0/s1. The average molecular weight is 541 g/mol. The van der Waals surface area contributed by atoms with Crippen molar-refractivity contribution in [1.82, 2.24) is 19.3 Å². The van der Waals surface area contributed by atoms with Gasteiger partial charge in [-0.05, 0) is 37.6 Å². The summed E-state index contributed by atoms with van der Waals surface area (Å²) >= 11 is 6.24. The maximum atomic E-state index is 15.0. The van der Waals surface area contributed by atoms with E-state index in [1.54, 1.807) is 6.07 Å². The molecule has 2 aromatic heterocycles. The van der Waals surface area contributed by atoms with Gasteiger partial charge in [-0.2, -0.15) is 15.0 Å². The van der Waals surface area contributed by atoms with Crippen LogP contribution in [0.2, 0.25) is 5.02 Å². The van der Waals surface area contributed by atoms with Gasteiger partial charge in [0.1, 0.15) is 28.8 Å². The quantitative estimate of drug-likeness (QED) is 0.339. The van der Waals surface area contributed by atoms with Crippen molar-refractivity contribution >= 4 is 17.4 Å². The lowest BCUT2D eigenvalue weighted by atomic mass is 10.1. The van der Waals surface area contributed by atoms with Gasteiger partial charge in [0.15, 0.2) is 17.3 Å². The molecule has 194 valence electrons. The lowest BCUT2D eigenvalue weighted by Gasteiger charge is -2.23. The Morgan fingerprint density at radius 3 is 2.58 bits per heavy atom. The van der Waals surface area contributed by atoms with E-state index in [0.29, 0.717) is 18.8 Å². The number of nitriles is 1. The van der Waals surface area contributed by atoms with Gasteiger partial charge in [0.25, 0.3) is 0 Å². The molecule has 2 atom stereocenters. The van der Waals surface area contributed by atoms with Gasteiger partial charge in [-0.3, -0.25) is 4.57 Å². The number of hydrogen-bond donors (Lipinski definition) is 0. The van der Waals surface area contributed by atoms with Crippen LogP contribution in [0.25, 0.3) is 5.69 Å². The van der Waals surface area contributed by atoms with Crippen molar-refractivity contribution in [3.8, 4) is 23.3 Å². The zero-order valence-electron chi connectivity index (χ0n) is 20.0. The zero-order valence-corrected chi connectivity index (χ0v) is 20.7. The van der Waals surface area contributed by atoms with Crippen LogP contribution in [0.5, 0.6) is 11.5 Å². The molecule has 38 heavy (non-hydrogen) atoms. The molecule has 0 spiro atoms. The van der Waals surface area contributed by atoms with Crippen molar-refractivity contribution in [2.24, 2.45) is 5.92 Å². The maximum absolute atomic E-state index is 15.0. The summed E-state index contributed by atoms with van der Waals surface area (Å²) < 4.78 is 50.7. The van der Waals surface area contributed by atoms with Crippen LogP contribution in [0.4, 0.5) is 19.0 Å². The summed E-state index contributed by atoms with van der Waals surface area (Å²) in [6.45, 7) is 2.12. The molecule has 0 radical (unpaired) electrons. The molecule has 4 aromatic rings. The van der Waals surface area contributed by atoms with E-state index in [1.165, 1.54) is 24.4 Å². The Kier molecular flexibility index (Phi) is 6.82. The number of nitrogens with zero attached hydrogens (tertiary/aromatic N) is 6. The largest absolute Gasteiger partial charge is 0.453 e. The minimum Gasteiger partial charge on any atom is -0.453 e. The fraction of sp³-hybridized carbons (Fsp3) is 0.231. The summed E-state index contributed by atoms with van der Waals surface area (Å²) in [5.41, 5.74) is -0.912. The fourth-order valence-electron chi connectivity index (χ4n) is 4.39. The highest BCUT2D eigenvalue weighted by molar-refractivity contribution is 6.32. The Bertz CT molecular complexity index is 1600. The molecule has 0 aliphatic carbocycles. The molecule has 3 heterocycles. The Balaban J connectivity index is 1.38. The molecule has 1 fully saturated rings. The average Bonchev–Trinajstić information content (AvgIpc) is 3.46. The van der Waals surface area contributed by atoms with E-state index >= 15 is 4.39 Å². The first-order valence-electron chi connectivity index (χ1n) is 11.6. The van der Waals surface area contributed by atoms with E-state index in [4.69, 9.17) is 16.3 Å². The first-order valence-corrected chi connectivity index (χ1v) is 12.0. The summed E-state index contributed by atoms with van der Waals surface area (Å²) in [5, 5.41) is 13.3. The van der Waals surface area contributed by atoms with E-state index in [2.05, 4.69) is 16.2 Å². The van der Waals surface area contributed by atoms with Crippen LogP contribution in [0.1, 0.15) is 18.9 Å². The summed E-state index contributed by atoms with van der Waals surface area (Å²) in [6.07, 6.45) is 3.22. The third-order valence-electron chi connectivity index (χ3n) is 6.36. The number of hydrogen-bond acceptors (Lipinski definition) is 6. The third-order valence-corrected chi connectivity index (χ3v) is 6.64. The van der Waals surface area contributed by atoms with Gasteiger partial charge in [0.05, 0.1) is 30.4 Å². The van der Waals surface area contributed by atoms with Crippen LogP contribution in [0.3, 0.4) is 0 Å². The summed E-state index contributed by atoms with van der Waals surface area (Å²) in [6, 6.07) is 11.1. The second-order valence-electron chi connectivity index (χ2n) is 8.91. The number of anilines is 1. The molecule has 0 amide bonds. The first kappa shape index (κ1) is 25.4. The van der Waals surface area contributed by atoms with Crippen LogP contribution in [-0.2, 0) is 6.54 Å². The normalized spacial score (nSPS) is 17.0. The number of benzene rings is 2. The van der Waals surface area contributed by atoms with E-state index in [-0.39, 0.29) is 46.3 Å². The van der Waals surface area contributed by atoms with Crippen LogP contribution < -0.4 is 15.3 Å². The maximum Gasteiger partial charge on any atom is 0.350 e. The summed E-state index contributed by atoms with van der Waals surface area (Å²) in [5.74, 6) is -1.93. The number of ether oxygens (including phenoxy) is 1. The molecule has 0 saturated carbocycles. The van der Waals surface area contributed by atoms with Gasteiger partial charge in [-0.25, -0.2) is 22.9 Å². The number of rotatable bonds is 6. The Morgan fingerprint density at radius 2 is 1.89 bits per heavy atom. The molecule has 12 heteroatoms. The lowest BCUT2D eigenvalue weighted by Crippen LogP contribution is -2.27. The highest BCUT2D eigenvalue weighted by Crippen LogP contribution is 2.36. The van der Waals surface area contributed by atoms with Gasteiger partial charge >= 0.3 is 5.69 Å².